The summed E-state index contributed by atoms with van der Waals surface area (Å²) in [4.78, 5) is 25.0. The third-order valence-electron chi connectivity index (χ3n) is 6.66. The molecule has 4 atom stereocenters. The fourth-order valence-corrected chi connectivity index (χ4v) is 6.09. The topological polar surface area (TPSA) is 107 Å². The van der Waals surface area contributed by atoms with E-state index in [9.17, 15) is 40.0 Å². The average Bonchev–Trinajstić information content (AvgIpc) is 2.65. The highest BCUT2D eigenvalue weighted by molar-refractivity contribution is 14.1. The van der Waals surface area contributed by atoms with Crippen LogP contribution < -0.4 is 0 Å². The minimum atomic E-state index is -6.51. The van der Waals surface area contributed by atoms with Crippen molar-refractivity contribution in [1.29, 1.82) is 0 Å². The Morgan fingerprint density at radius 1 is 1.12 bits per heavy atom. The van der Waals surface area contributed by atoms with Crippen molar-refractivity contribution in [1.82, 2.24) is 0 Å². The van der Waals surface area contributed by atoms with Crippen molar-refractivity contribution >= 4 is 44.6 Å². The lowest BCUT2D eigenvalue weighted by Crippen LogP contribution is -2.60. The molecule has 184 valence electrons. The third kappa shape index (κ3) is 4.59. The van der Waals surface area contributed by atoms with Gasteiger partial charge in [-0.25, -0.2) is 0 Å². The molecule has 4 aliphatic carbocycles. The van der Waals surface area contributed by atoms with Crippen LogP contribution in [-0.4, -0.2) is 52.5 Å². The molecule has 14 heteroatoms. The van der Waals surface area contributed by atoms with Crippen molar-refractivity contribution in [2.45, 2.75) is 73.0 Å². The molecule has 4 unspecified atom stereocenters. The lowest BCUT2D eigenvalue weighted by atomic mass is 9.48. The minimum absolute atomic E-state index is 0.0170. The van der Waals surface area contributed by atoms with Crippen LogP contribution in [0.1, 0.15) is 45.4 Å². The number of halogens is 6. The first-order valence-corrected chi connectivity index (χ1v) is 12.7. The Bertz CT molecular complexity index is 861. The van der Waals surface area contributed by atoms with Crippen LogP contribution in [0.3, 0.4) is 0 Å². The van der Waals surface area contributed by atoms with Gasteiger partial charge in [-0.3, -0.25) is 14.1 Å². The largest absolute Gasteiger partial charge is 0.461 e. The van der Waals surface area contributed by atoms with Gasteiger partial charge in [-0.15, -0.1) is 0 Å². The van der Waals surface area contributed by atoms with E-state index in [-0.39, 0.29) is 40.9 Å². The molecule has 0 aromatic carbocycles. The number of hydrogen-bond acceptors (Lipinski definition) is 6. The van der Waals surface area contributed by atoms with Crippen LogP contribution in [0.2, 0.25) is 0 Å². The van der Waals surface area contributed by atoms with E-state index in [0.717, 1.165) is 0 Å². The van der Waals surface area contributed by atoms with E-state index < -0.39 is 51.1 Å². The highest BCUT2D eigenvalue weighted by atomic mass is 127. The Morgan fingerprint density at radius 3 is 2.09 bits per heavy atom. The molecule has 0 aromatic heterocycles. The molecule has 4 bridgehead atoms. The third-order valence-corrected chi connectivity index (χ3v) is 8.95. The molecule has 4 fully saturated rings. The SMILES string of the molecule is CCC(I)C(=O)OC1C2CC3CC1CC(C(=O)OC(C(F)(F)F)C(F)(F)S(=O)(=O)O)(C3)C2. The Kier molecular flexibility index (Phi) is 6.84. The number of esters is 2. The fourth-order valence-electron chi connectivity index (χ4n) is 5.49. The second-order valence-electron chi connectivity index (χ2n) is 8.89. The summed E-state index contributed by atoms with van der Waals surface area (Å²) in [6.07, 6.45) is -9.04. The predicted octanol–water partition coefficient (Wildman–Crippen LogP) is 3.89. The van der Waals surface area contributed by atoms with Crippen LogP contribution in [0.25, 0.3) is 0 Å². The number of carbonyl (C=O) groups excluding carboxylic acids is 2. The van der Waals surface area contributed by atoms with Gasteiger partial charge in [-0.2, -0.15) is 30.4 Å². The summed E-state index contributed by atoms with van der Waals surface area (Å²) in [7, 11) is -6.51. The van der Waals surface area contributed by atoms with Crippen LogP contribution in [0.5, 0.6) is 0 Å². The van der Waals surface area contributed by atoms with Crippen LogP contribution in [0, 0.1) is 23.2 Å². The highest BCUT2D eigenvalue weighted by Gasteiger charge is 2.68. The van der Waals surface area contributed by atoms with Gasteiger partial charge in [0.2, 0.25) is 0 Å². The van der Waals surface area contributed by atoms with E-state index in [1.54, 1.807) is 6.92 Å². The zero-order valence-corrected chi connectivity index (χ0v) is 19.8. The van der Waals surface area contributed by atoms with Crippen LogP contribution in [0.4, 0.5) is 22.0 Å². The lowest BCUT2D eigenvalue weighted by Gasteiger charge is -2.58. The lowest BCUT2D eigenvalue weighted by molar-refractivity contribution is -0.268. The summed E-state index contributed by atoms with van der Waals surface area (Å²) in [6, 6.07) is 0. The van der Waals surface area contributed by atoms with Gasteiger partial charge in [0.1, 0.15) is 10.0 Å². The molecule has 0 saturated heterocycles. The first kappa shape index (κ1) is 25.8. The molecule has 0 aliphatic heterocycles. The summed E-state index contributed by atoms with van der Waals surface area (Å²) in [5.41, 5.74) is -1.51. The van der Waals surface area contributed by atoms with Crippen LogP contribution in [0.15, 0.2) is 0 Å². The molecule has 4 aliphatic rings. The van der Waals surface area contributed by atoms with Gasteiger partial charge < -0.3 is 9.47 Å². The standard InChI is InChI=1S/C18H22F5IO7S/c1-2-11(24)13(25)30-12-9-3-8-4-10(12)7-16(5-8,6-9)15(26)31-14(17(19,20)21)18(22,23)32(27,28)29/h8-12,14H,2-7H2,1H3,(H,27,28,29). The molecule has 0 aromatic rings. The first-order valence-electron chi connectivity index (χ1n) is 9.99. The maximum absolute atomic E-state index is 13.8. The van der Waals surface area contributed by atoms with Gasteiger partial charge in [0.05, 0.1) is 5.41 Å². The molecular formula is C18H22F5IO7S. The zero-order chi connectivity index (χ0) is 24.3. The van der Waals surface area contributed by atoms with E-state index in [1.165, 1.54) is 0 Å². The molecule has 0 amide bonds. The number of hydrogen-bond donors (Lipinski definition) is 1. The molecular weight excluding hydrogens is 582 g/mol. The van der Waals surface area contributed by atoms with Gasteiger partial charge >= 0.3 is 33.5 Å². The summed E-state index contributed by atoms with van der Waals surface area (Å²) in [6.45, 7) is 1.81. The predicted molar refractivity (Wildman–Crippen MR) is 106 cm³/mol. The first-order chi connectivity index (χ1) is 14.5. The molecule has 1 N–H and O–H groups in total. The molecule has 4 rings (SSSR count). The molecule has 4 saturated carbocycles. The van der Waals surface area contributed by atoms with Crippen molar-refractivity contribution in [3.05, 3.63) is 0 Å². The second kappa shape index (κ2) is 8.47. The second-order valence-corrected chi connectivity index (χ2v) is 11.9. The molecule has 0 heterocycles. The van der Waals surface area contributed by atoms with Crippen molar-refractivity contribution in [3.63, 3.8) is 0 Å². The Morgan fingerprint density at radius 2 is 1.66 bits per heavy atom. The smallest absolute Gasteiger partial charge is 0.432 e. The molecule has 0 spiro atoms. The van der Waals surface area contributed by atoms with Gasteiger partial charge in [0.25, 0.3) is 6.10 Å². The van der Waals surface area contributed by atoms with E-state index in [4.69, 9.17) is 9.29 Å². The Balaban J connectivity index is 1.82. The van der Waals surface area contributed by atoms with Crippen molar-refractivity contribution < 1.29 is 54.0 Å². The number of carbonyl (C=O) groups is 2. The van der Waals surface area contributed by atoms with Crippen molar-refractivity contribution in [2.24, 2.45) is 23.2 Å². The summed E-state index contributed by atoms with van der Waals surface area (Å²) < 4.78 is 107. The van der Waals surface area contributed by atoms with Gasteiger partial charge in [-0.05, 0) is 56.3 Å². The Hall–Kier alpha value is -0.770. The van der Waals surface area contributed by atoms with E-state index in [0.29, 0.717) is 19.3 Å². The quantitative estimate of drug-likeness (QED) is 0.155. The normalized spacial score (nSPS) is 34.1. The van der Waals surface area contributed by atoms with E-state index in [2.05, 4.69) is 4.74 Å². The number of alkyl halides is 6. The number of rotatable bonds is 7. The molecule has 32 heavy (non-hydrogen) atoms. The highest BCUT2D eigenvalue weighted by Crippen LogP contribution is 2.61. The van der Waals surface area contributed by atoms with Gasteiger partial charge in [0.15, 0.2) is 0 Å². The molecule has 0 radical (unpaired) electrons. The van der Waals surface area contributed by atoms with E-state index >= 15 is 0 Å². The maximum atomic E-state index is 13.8. The zero-order valence-electron chi connectivity index (χ0n) is 16.8. The molecule has 7 nitrogen and oxygen atoms in total. The Labute approximate surface area is 194 Å². The van der Waals surface area contributed by atoms with E-state index in [1.807, 2.05) is 22.6 Å². The van der Waals surface area contributed by atoms with Gasteiger partial charge in [0, 0.05) is 0 Å². The van der Waals surface area contributed by atoms with Crippen LogP contribution >= 0.6 is 22.6 Å². The van der Waals surface area contributed by atoms with Crippen LogP contribution in [-0.2, 0) is 29.2 Å². The minimum Gasteiger partial charge on any atom is -0.461 e. The summed E-state index contributed by atoms with van der Waals surface area (Å²) >= 11 is 1.94. The monoisotopic (exact) mass is 604 g/mol. The van der Waals surface area contributed by atoms with Gasteiger partial charge in [-0.1, -0.05) is 29.5 Å². The summed E-state index contributed by atoms with van der Waals surface area (Å²) in [5, 5.41) is -5.77. The summed E-state index contributed by atoms with van der Waals surface area (Å²) in [5.74, 6) is -2.77. The maximum Gasteiger partial charge on any atom is 0.432 e. The fraction of sp³-hybridized carbons (Fsp3) is 0.889. The van der Waals surface area contributed by atoms with Crippen molar-refractivity contribution in [3.8, 4) is 0 Å². The average molecular weight is 604 g/mol. The van der Waals surface area contributed by atoms with Crippen molar-refractivity contribution in [2.75, 3.05) is 0 Å². The number of ether oxygens (including phenoxy) is 2.